The van der Waals surface area contributed by atoms with E-state index < -0.39 is 0 Å². The summed E-state index contributed by atoms with van der Waals surface area (Å²) in [4.78, 5) is 22.2. The van der Waals surface area contributed by atoms with E-state index in [1.165, 1.54) is 38.1 Å². The Balaban J connectivity index is 1.62. The van der Waals surface area contributed by atoms with Crippen LogP contribution in [0.15, 0.2) is 24.7 Å². The van der Waals surface area contributed by atoms with Gasteiger partial charge in [0.25, 0.3) is 5.91 Å². The second-order valence-electron chi connectivity index (χ2n) is 7.21. The Labute approximate surface area is 154 Å². The van der Waals surface area contributed by atoms with Crippen LogP contribution >= 0.6 is 0 Å². The largest absolute Gasteiger partial charge is 0.334 e. The molecule has 26 heavy (non-hydrogen) atoms. The summed E-state index contributed by atoms with van der Waals surface area (Å²) in [7, 11) is 5.76. The average molecular weight is 356 g/mol. The summed E-state index contributed by atoms with van der Waals surface area (Å²) < 4.78 is 1.90. The highest BCUT2D eigenvalue weighted by atomic mass is 16.2. The number of amides is 1. The summed E-state index contributed by atoms with van der Waals surface area (Å²) >= 11 is 0. The van der Waals surface area contributed by atoms with E-state index in [0.29, 0.717) is 18.2 Å². The third-order valence-corrected chi connectivity index (χ3v) is 5.28. The minimum Gasteiger partial charge on any atom is -0.334 e. The number of carbonyl (C=O) groups is 1. The van der Waals surface area contributed by atoms with Crippen LogP contribution in [0.4, 0.5) is 0 Å². The van der Waals surface area contributed by atoms with E-state index >= 15 is 0 Å². The lowest BCUT2D eigenvalue weighted by Gasteiger charge is -2.27. The van der Waals surface area contributed by atoms with Gasteiger partial charge in [-0.15, -0.1) is 0 Å². The molecule has 7 nitrogen and oxygen atoms in total. The Morgan fingerprint density at radius 1 is 1.31 bits per heavy atom. The van der Waals surface area contributed by atoms with Gasteiger partial charge in [-0.05, 0) is 51.3 Å². The fourth-order valence-corrected chi connectivity index (χ4v) is 3.75. The molecule has 1 saturated carbocycles. The summed E-state index contributed by atoms with van der Waals surface area (Å²) in [5.41, 5.74) is 2.56. The normalized spacial score (nSPS) is 20.1. The van der Waals surface area contributed by atoms with Crippen molar-refractivity contribution in [1.82, 2.24) is 30.0 Å². The maximum absolute atomic E-state index is 12.5. The predicted octanol–water partition coefficient (Wildman–Crippen LogP) is 1.98. The van der Waals surface area contributed by atoms with Crippen LogP contribution < -0.4 is 5.32 Å². The maximum atomic E-state index is 12.5. The molecular formula is C19H28N6O. The first-order chi connectivity index (χ1) is 12.6. The minimum absolute atomic E-state index is 0.131. The van der Waals surface area contributed by atoms with Gasteiger partial charge >= 0.3 is 0 Å². The third-order valence-electron chi connectivity index (χ3n) is 5.28. The van der Waals surface area contributed by atoms with E-state index in [9.17, 15) is 4.79 Å². The molecule has 1 N–H and O–H groups in total. The number of rotatable bonds is 6. The molecular weight excluding hydrogens is 328 g/mol. The molecule has 0 unspecified atom stereocenters. The summed E-state index contributed by atoms with van der Waals surface area (Å²) in [6.45, 7) is 1.61. The summed E-state index contributed by atoms with van der Waals surface area (Å²) in [5.74, 6) is 1.19. The van der Waals surface area contributed by atoms with Crippen LogP contribution in [0, 0.1) is 5.92 Å². The van der Waals surface area contributed by atoms with Gasteiger partial charge in [0.05, 0.1) is 24.1 Å². The van der Waals surface area contributed by atoms with E-state index in [-0.39, 0.29) is 5.91 Å². The van der Waals surface area contributed by atoms with Gasteiger partial charge in [-0.2, -0.15) is 5.10 Å². The Morgan fingerprint density at radius 3 is 2.73 bits per heavy atom. The molecule has 1 amide bonds. The molecule has 1 aliphatic carbocycles. The molecule has 1 aliphatic rings. The maximum Gasteiger partial charge on any atom is 0.274 e. The smallest absolute Gasteiger partial charge is 0.274 e. The van der Waals surface area contributed by atoms with Crippen LogP contribution in [0.2, 0.25) is 0 Å². The molecule has 0 aromatic carbocycles. The molecule has 0 radical (unpaired) electrons. The van der Waals surface area contributed by atoms with Gasteiger partial charge in [0, 0.05) is 32.4 Å². The molecule has 0 saturated heterocycles. The van der Waals surface area contributed by atoms with E-state index in [0.717, 1.165) is 23.9 Å². The summed E-state index contributed by atoms with van der Waals surface area (Å²) in [5, 5.41) is 8.01. The molecule has 140 valence electrons. The second kappa shape index (κ2) is 8.40. The van der Waals surface area contributed by atoms with Gasteiger partial charge in [-0.1, -0.05) is 0 Å². The highest BCUT2D eigenvalue weighted by molar-refractivity contribution is 5.91. The van der Waals surface area contributed by atoms with Crippen molar-refractivity contribution in [3.63, 3.8) is 0 Å². The molecule has 0 atom stereocenters. The first-order valence-electron chi connectivity index (χ1n) is 9.27. The number of hydrogen-bond donors (Lipinski definition) is 1. The van der Waals surface area contributed by atoms with E-state index in [2.05, 4.69) is 21.4 Å². The monoisotopic (exact) mass is 356 g/mol. The highest BCUT2D eigenvalue weighted by Crippen LogP contribution is 2.35. The van der Waals surface area contributed by atoms with Crippen LogP contribution in [0.3, 0.4) is 0 Å². The lowest BCUT2D eigenvalue weighted by molar-refractivity contribution is 0.0775. The zero-order valence-corrected chi connectivity index (χ0v) is 15.9. The first kappa shape index (κ1) is 18.5. The number of carbonyl (C=O) groups excluding carboxylic acids is 1. The topological polar surface area (TPSA) is 75.9 Å². The van der Waals surface area contributed by atoms with Crippen molar-refractivity contribution in [2.45, 2.75) is 38.1 Å². The number of nitrogens with zero attached hydrogens (tertiary/aromatic N) is 5. The van der Waals surface area contributed by atoms with Gasteiger partial charge in [0.1, 0.15) is 5.69 Å². The Bertz CT molecular complexity index is 721. The van der Waals surface area contributed by atoms with Crippen molar-refractivity contribution < 1.29 is 4.79 Å². The number of hydrogen-bond acceptors (Lipinski definition) is 5. The summed E-state index contributed by atoms with van der Waals surface area (Å²) in [6, 6.07) is 2.16. The highest BCUT2D eigenvalue weighted by Gasteiger charge is 2.25. The van der Waals surface area contributed by atoms with Crippen LogP contribution in [-0.2, 0) is 13.6 Å². The van der Waals surface area contributed by atoms with Crippen LogP contribution in [0.5, 0.6) is 0 Å². The Hall–Kier alpha value is -2.28. The molecule has 3 rings (SSSR count). The number of aromatic nitrogens is 4. The van der Waals surface area contributed by atoms with Crippen molar-refractivity contribution in [3.8, 4) is 0 Å². The van der Waals surface area contributed by atoms with Crippen molar-refractivity contribution >= 4 is 5.91 Å². The van der Waals surface area contributed by atoms with Gasteiger partial charge in [-0.25, -0.2) is 4.98 Å². The zero-order chi connectivity index (χ0) is 18.5. The third kappa shape index (κ3) is 4.27. The fourth-order valence-electron chi connectivity index (χ4n) is 3.75. The Morgan fingerprint density at radius 2 is 2.08 bits per heavy atom. The Kier molecular flexibility index (Phi) is 5.98. The van der Waals surface area contributed by atoms with Crippen molar-refractivity contribution in [1.29, 1.82) is 0 Å². The lowest BCUT2D eigenvalue weighted by atomic mass is 9.80. The molecule has 2 aromatic heterocycles. The SMILES string of the molecule is CNCC1CCC(c2cc(CN(C)C(=O)c3cnccn3)n(C)n2)CC1. The van der Waals surface area contributed by atoms with Crippen LogP contribution in [0.1, 0.15) is 53.5 Å². The number of aryl methyl sites for hydroxylation is 1. The van der Waals surface area contributed by atoms with Crippen molar-refractivity contribution in [2.75, 3.05) is 20.6 Å². The standard InChI is InChI=1S/C19H28N6O/c1-20-11-14-4-6-15(7-5-14)17-10-16(25(3)23-17)13-24(2)19(26)18-12-21-8-9-22-18/h8-10,12,14-15,20H,4-7,11,13H2,1-3H3. The molecule has 2 aromatic rings. The van der Waals surface area contributed by atoms with Crippen LogP contribution in [-0.4, -0.2) is 51.2 Å². The van der Waals surface area contributed by atoms with Gasteiger partial charge in [0.15, 0.2) is 0 Å². The van der Waals surface area contributed by atoms with Gasteiger partial charge < -0.3 is 10.2 Å². The minimum atomic E-state index is -0.131. The van der Waals surface area contributed by atoms with Gasteiger partial charge in [0.2, 0.25) is 0 Å². The molecule has 7 heteroatoms. The molecule has 0 spiro atoms. The first-order valence-corrected chi connectivity index (χ1v) is 9.27. The quantitative estimate of drug-likeness (QED) is 0.856. The zero-order valence-electron chi connectivity index (χ0n) is 15.9. The van der Waals surface area contributed by atoms with E-state index in [4.69, 9.17) is 5.10 Å². The van der Waals surface area contributed by atoms with E-state index in [1.807, 2.05) is 18.8 Å². The van der Waals surface area contributed by atoms with Gasteiger partial charge in [-0.3, -0.25) is 14.5 Å². The molecule has 0 bridgehead atoms. The average Bonchev–Trinajstić information content (AvgIpc) is 3.03. The molecule has 2 heterocycles. The number of nitrogens with one attached hydrogen (secondary N) is 1. The predicted molar refractivity (Wildman–Crippen MR) is 99.7 cm³/mol. The van der Waals surface area contributed by atoms with Crippen molar-refractivity contribution in [3.05, 3.63) is 41.7 Å². The second-order valence-corrected chi connectivity index (χ2v) is 7.21. The molecule has 0 aliphatic heterocycles. The molecule has 1 fully saturated rings. The van der Waals surface area contributed by atoms with Crippen molar-refractivity contribution in [2.24, 2.45) is 13.0 Å². The van der Waals surface area contributed by atoms with Crippen LogP contribution in [0.25, 0.3) is 0 Å². The fraction of sp³-hybridized carbons (Fsp3) is 0.579. The summed E-state index contributed by atoms with van der Waals surface area (Å²) in [6.07, 6.45) is 9.49. The lowest BCUT2D eigenvalue weighted by Crippen LogP contribution is -2.28. The van der Waals surface area contributed by atoms with E-state index in [1.54, 1.807) is 18.1 Å².